The molecule has 0 spiro atoms. The van der Waals surface area contributed by atoms with Crippen LogP contribution in [-0.4, -0.2) is 35.1 Å². The van der Waals surface area contributed by atoms with Crippen LogP contribution < -0.4 is 5.32 Å². The van der Waals surface area contributed by atoms with Crippen molar-refractivity contribution in [2.75, 3.05) is 13.1 Å². The second kappa shape index (κ2) is 6.07. The van der Waals surface area contributed by atoms with Crippen LogP contribution in [0.3, 0.4) is 0 Å². The molecule has 1 fully saturated rings. The number of halogens is 2. The zero-order chi connectivity index (χ0) is 15.6. The lowest BCUT2D eigenvalue weighted by Gasteiger charge is -2.17. The molecule has 0 radical (unpaired) electrons. The maximum absolute atomic E-state index is 13.4. The average molecular weight is 298 g/mol. The predicted molar refractivity (Wildman–Crippen MR) is 70.5 cm³/mol. The molecule has 0 bridgehead atoms. The first-order valence-electron chi connectivity index (χ1n) is 6.58. The largest absolute Gasteiger partial charge is 0.481 e. The van der Waals surface area contributed by atoms with Gasteiger partial charge in [0.05, 0.1) is 5.92 Å². The van der Waals surface area contributed by atoms with E-state index in [2.05, 4.69) is 5.32 Å². The number of urea groups is 1. The molecule has 7 heteroatoms. The number of hydrogen-bond donors (Lipinski definition) is 2. The van der Waals surface area contributed by atoms with Crippen molar-refractivity contribution in [2.24, 2.45) is 11.8 Å². The molecule has 1 aromatic carbocycles. The van der Waals surface area contributed by atoms with Crippen LogP contribution in [0.4, 0.5) is 13.6 Å². The minimum Gasteiger partial charge on any atom is -0.481 e. The lowest BCUT2D eigenvalue weighted by molar-refractivity contribution is -0.142. The Bertz CT molecular complexity index is 565. The number of aliphatic carboxylic acids is 1. The first-order valence-corrected chi connectivity index (χ1v) is 6.58. The summed E-state index contributed by atoms with van der Waals surface area (Å²) in [5, 5.41) is 11.5. The van der Waals surface area contributed by atoms with Crippen LogP contribution in [0.1, 0.15) is 12.5 Å². The summed E-state index contributed by atoms with van der Waals surface area (Å²) in [5.41, 5.74) is 0.173. The van der Waals surface area contributed by atoms with E-state index < -0.39 is 29.6 Å². The Labute approximate surface area is 120 Å². The third kappa shape index (κ3) is 3.48. The Morgan fingerprint density at radius 1 is 1.38 bits per heavy atom. The molecule has 2 rings (SSSR count). The van der Waals surface area contributed by atoms with Crippen LogP contribution in [0.15, 0.2) is 18.2 Å². The second-order valence-electron chi connectivity index (χ2n) is 5.22. The lowest BCUT2D eigenvalue weighted by Crippen LogP contribution is -2.38. The topological polar surface area (TPSA) is 69.6 Å². The molecule has 2 atom stereocenters. The van der Waals surface area contributed by atoms with E-state index in [1.165, 1.54) is 11.0 Å². The zero-order valence-corrected chi connectivity index (χ0v) is 11.5. The number of carbonyl (C=O) groups is 2. The molecule has 0 saturated carbocycles. The van der Waals surface area contributed by atoms with Gasteiger partial charge in [-0.3, -0.25) is 4.79 Å². The van der Waals surface area contributed by atoms with E-state index in [1.807, 2.05) is 0 Å². The number of rotatable bonds is 3. The van der Waals surface area contributed by atoms with Crippen molar-refractivity contribution in [1.29, 1.82) is 0 Å². The van der Waals surface area contributed by atoms with Crippen molar-refractivity contribution in [3.63, 3.8) is 0 Å². The summed E-state index contributed by atoms with van der Waals surface area (Å²) in [4.78, 5) is 24.3. The van der Waals surface area contributed by atoms with Gasteiger partial charge in [-0.05, 0) is 12.0 Å². The van der Waals surface area contributed by atoms with Crippen molar-refractivity contribution in [3.05, 3.63) is 35.4 Å². The SMILES string of the molecule is C[C@@H]1CN(C(=O)NCc2ccc(F)cc2F)C[C@H]1C(=O)O. The zero-order valence-electron chi connectivity index (χ0n) is 11.5. The van der Waals surface area contributed by atoms with E-state index in [-0.39, 0.29) is 24.6 Å². The Hall–Kier alpha value is -2.18. The van der Waals surface area contributed by atoms with E-state index in [1.54, 1.807) is 6.92 Å². The standard InChI is InChI=1S/C14H16F2N2O3/c1-8-6-18(7-11(8)13(19)20)14(21)17-5-9-2-3-10(15)4-12(9)16/h2-4,8,11H,5-7H2,1H3,(H,17,21)(H,19,20)/t8-,11-/m1/s1. The van der Waals surface area contributed by atoms with Crippen LogP contribution in [-0.2, 0) is 11.3 Å². The third-order valence-corrected chi connectivity index (χ3v) is 3.66. The van der Waals surface area contributed by atoms with Gasteiger partial charge in [-0.25, -0.2) is 13.6 Å². The Kier molecular flexibility index (Phi) is 4.40. The van der Waals surface area contributed by atoms with Gasteiger partial charge in [0, 0.05) is 31.3 Å². The second-order valence-corrected chi connectivity index (χ2v) is 5.22. The number of carbonyl (C=O) groups excluding carboxylic acids is 1. The van der Waals surface area contributed by atoms with Crippen molar-refractivity contribution in [1.82, 2.24) is 10.2 Å². The van der Waals surface area contributed by atoms with Gasteiger partial charge in [-0.15, -0.1) is 0 Å². The van der Waals surface area contributed by atoms with Crippen LogP contribution in [0.5, 0.6) is 0 Å². The highest BCUT2D eigenvalue weighted by Crippen LogP contribution is 2.23. The lowest BCUT2D eigenvalue weighted by atomic mass is 9.99. The molecule has 2 N–H and O–H groups in total. The van der Waals surface area contributed by atoms with Crippen LogP contribution in [0, 0.1) is 23.5 Å². The first kappa shape index (κ1) is 15.2. The van der Waals surface area contributed by atoms with E-state index in [0.717, 1.165) is 12.1 Å². The van der Waals surface area contributed by atoms with E-state index >= 15 is 0 Å². The number of benzene rings is 1. The molecule has 0 aromatic heterocycles. The van der Waals surface area contributed by atoms with Crippen molar-refractivity contribution in [3.8, 4) is 0 Å². The predicted octanol–water partition coefficient (Wildman–Crippen LogP) is 1.83. The molecule has 2 amide bonds. The van der Waals surface area contributed by atoms with Crippen LogP contribution >= 0.6 is 0 Å². The first-order chi connectivity index (χ1) is 9.88. The van der Waals surface area contributed by atoms with Gasteiger partial charge in [0.1, 0.15) is 11.6 Å². The van der Waals surface area contributed by atoms with Gasteiger partial charge in [0.25, 0.3) is 0 Å². The quantitative estimate of drug-likeness (QED) is 0.894. The number of likely N-dealkylation sites (tertiary alicyclic amines) is 1. The maximum Gasteiger partial charge on any atom is 0.317 e. The summed E-state index contributed by atoms with van der Waals surface area (Å²) < 4.78 is 26.2. The number of carboxylic acids is 1. The summed E-state index contributed by atoms with van der Waals surface area (Å²) in [6, 6.07) is 2.68. The molecule has 0 unspecified atom stereocenters. The Balaban J connectivity index is 1.92. The molecule has 5 nitrogen and oxygen atoms in total. The molecule has 1 saturated heterocycles. The average Bonchev–Trinajstić information content (AvgIpc) is 2.80. The number of hydrogen-bond acceptors (Lipinski definition) is 2. The van der Waals surface area contributed by atoms with Gasteiger partial charge >= 0.3 is 12.0 Å². The molecule has 114 valence electrons. The number of nitrogens with zero attached hydrogens (tertiary/aromatic N) is 1. The Morgan fingerprint density at radius 2 is 2.10 bits per heavy atom. The molecule has 1 heterocycles. The van der Waals surface area contributed by atoms with Gasteiger partial charge in [0.15, 0.2) is 0 Å². The molecule has 21 heavy (non-hydrogen) atoms. The fourth-order valence-corrected chi connectivity index (χ4v) is 2.40. The maximum atomic E-state index is 13.4. The number of carboxylic acid groups (broad SMARTS) is 1. The summed E-state index contributed by atoms with van der Waals surface area (Å²) >= 11 is 0. The van der Waals surface area contributed by atoms with Gasteiger partial charge in [0.2, 0.25) is 0 Å². The molecule has 1 aliphatic rings. The van der Waals surface area contributed by atoms with Gasteiger partial charge < -0.3 is 15.3 Å². The summed E-state index contributed by atoms with van der Waals surface area (Å²) in [5.74, 6) is -3.05. The summed E-state index contributed by atoms with van der Waals surface area (Å²) in [6.07, 6.45) is 0. The summed E-state index contributed by atoms with van der Waals surface area (Å²) in [7, 11) is 0. The molecule has 1 aliphatic heterocycles. The normalized spacial score (nSPS) is 21.4. The minimum absolute atomic E-state index is 0.0758. The molecular formula is C14H16F2N2O3. The highest BCUT2D eigenvalue weighted by atomic mass is 19.1. The number of nitrogens with one attached hydrogen (secondary N) is 1. The fraction of sp³-hybridized carbons (Fsp3) is 0.429. The van der Waals surface area contributed by atoms with Crippen molar-refractivity contribution >= 4 is 12.0 Å². The third-order valence-electron chi connectivity index (χ3n) is 3.66. The minimum atomic E-state index is -0.928. The highest BCUT2D eigenvalue weighted by molar-refractivity contribution is 5.77. The van der Waals surface area contributed by atoms with Crippen molar-refractivity contribution in [2.45, 2.75) is 13.5 Å². The highest BCUT2D eigenvalue weighted by Gasteiger charge is 2.36. The van der Waals surface area contributed by atoms with Crippen molar-refractivity contribution < 1.29 is 23.5 Å². The van der Waals surface area contributed by atoms with Gasteiger partial charge in [-0.2, -0.15) is 0 Å². The summed E-state index contributed by atoms with van der Waals surface area (Å²) in [6.45, 7) is 2.17. The van der Waals surface area contributed by atoms with Crippen LogP contribution in [0.25, 0.3) is 0 Å². The smallest absolute Gasteiger partial charge is 0.317 e. The molecular weight excluding hydrogens is 282 g/mol. The van der Waals surface area contributed by atoms with E-state index in [9.17, 15) is 18.4 Å². The Morgan fingerprint density at radius 3 is 2.67 bits per heavy atom. The van der Waals surface area contributed by atoms with Crippen LogP contribution in [0.2, 0.25) is 0 Å². The van der Waals surface area contributed by atoms with E-state index in [0.29, 0.717) is 6.54 Å². The molecule has 1 aromatic rings. The van der Waals surface area contributed by atoms with Gasteiger partial charge in [-0.1, -0.05) is 13.0 Å². The van der Waals surface area contributed by atoms with E-state index in [4.69, 9.17) is 5.11 Å². The molecule has 0 aliphatic carbocycles. The fourth-order valence-electron chi connectivity index (χ4n) is 2.40. The number of amides is 2. The monoisotopic (exact) mass is 298 g/mol.